The minimum absolute atomic E-state index is 0.309. The molecule has 2 amide bonds. The van der Waals surface area contributed by atoms with Crippen molar-refractivity contribution in [3.63, 3.8) is 0 Å². The summed E-state index contributed by atoms with van der Waals surface area (Å²) < 4.78 is 10.5. The summed E-state index contributed by atoms with van der Waals surface area (Å²) in [4.78, 5) is 16.7. The third-order valence-corrected chi connectivity index (χ3v) is 5.19. The summed E-state index contributed by atoms with van der Waals surface area (Å²) in [6.07, 6.45) is 0. The van der Waals surface area contributed by atoms with Crippen molar-refractivity contribution in [2.24, 2.45) is 0 Å². The molecule has 0 bridgehead atoms. The lowest BCUT2D eigenvalue weighted by atomic mass is 10.1. The van der Waals surface area contributed by atoms with E-state index in [0.29, 0.717) is 23.2 Å². The molecule has 7 heteroatoms. The van der Waals surface area contributed by atoms with Gasteiger partial charge in [0.25, 0.3) is 0 Å². The van der Waals surface area contributed by atoms with E-state index in [1.807, 2.05) is 29.6 Å². The quantitative estimate of drug-likeness (QED) is 0.629. The topological polar surface area (TPSA) is 72.5 Å². The zero-order valence-electron chi connectivity index (χ0n) is 16.3. The molecule has 0 radical (unpaired) electrons. The summed E-state index contributed by atoms with van der Waals surface area (Å²) in [5.41, 5.74) is 5.25. The van der Waals surface area contributed by atoms with Gasteiger partial charge in [0.2, 0.25) is 0 Å². The first kappa shape index (κ1) is 19.7. The zero-order chi connectivity index (χ0) is 20.1. The number of aromatic nitrogens is 1. The fourth-order valence-corrected chi connectivity index (χ4v) is 3.39. The summed E-state index contributed by atoms with van der Waals surface area (Å²) in [5, 5.41) is 8.10. The molecular weight excluding hydrogens is 374 g/mol. The monoisotopic (exact) mass is 397 g/mol. The minimum atomic E-state index is -0.309. The van der Waals surface area contributed by atoms with Crippen LogP contribution in [0.15, 0.2) is 41.8 Å². The van der Waals surface area contributed by atoms with Gasteiger partial charge in [-0.05, 0) is 48.7 Å². The van der Waals surface area contributed by atoms with Gasteiger partial charge in [-0.25, -0.2) is 9.78 Å². The maximum atomic E-state index is 12.2. The summed E-state index contributed by atoms with van der Waals surface area (Å²) in [6.45, 7) is 4.52. The van der Waals surface area contributed by atoms with Crippen molar-refractivity contribution in [2.45, 2.75) is 20.4 Å². The van der Waals surface area contributed by atoms with Gasteiger partial charge in [0.1, 0.15) is 0 Å². The van der Waals surface area contributed by atoms with E-state index in [1.165, 1.54) is 22.5 Å². The second kappa shape index (κ2) is 8.75. The Balaban J connectivity index is 1.60. The predicted octanol–water partition coefficient (Wildman–Crippen LogP) is 4.77. The van der Waals surface area contributed by atoms with Crippen LogP contribution in [0.25, 0.3) is 11.3 Å². The lowest BCUT2D eigenvalue weighted by Gasteiger charge is -2.10. The van der Waals surface area contributed by atoms with Gasteiger partial charge in [0.15, 0.2) is 16.6 Å². The lowest BCUT2D eigenvalue weighted by Crippen LogP contribution is -2.28. The fourth-order valence-electron chi connectivity index (χ4n) is 2.68. The fraction of sp³-hybridized carbons (Fsp3) is 0.238. The van der Waals surface area contributed by atoms with Crippen LogP contribution in [0.3, 0.4) is 0 Å². The molecule has 1 heterocycles. The Morgan fingerprint density at radius 3 is 2.54 bits per heavy atom. The van der Waals surface area contributed by atoms with Gasteiger partial charge < -0.3 is 14.8 Å². The molecule has 0 unspecified atom stereocenters. The van der Waals surface area contributed by atoms with Crippen LogP contribution in [-0.2, 0) is 6.54 Å². The Morgan fingerprint density at radius 1 is 1.04 bits per heavy atom. The number of anilines is 1. The maximum absolute atomic E-state index is 12.2. The van der Waals surface area contributed by atoms with E-state index in [4.69, 9.17) is 9.47 Å². The number of amides is 2. The summed E-state index contributed by atoms with van der Waals surface area (Å²) in [7, 11) is 3.17. The standard InChI is InChI=1S/C21H23N3O3S/c1-13-5-7-16(9-14(13)2)17-12-28-21(23-17)24-20(25)22-11-15-6-8-18(26-3)19(10-15)27-4/h5-10,12H,11H2,1-4H3,(H2,22,23,24,25). The molecule has 0 aliphatic heterocycles. The average molecular weight is 398 g/mol. The molecule has 0 saturated carbocycles. The number of aryl methyl sites for hydroxylation is 2. The van der Waals surface area contributed by atoms with E-state index in [2.05, 4.69) is 41.6 Å². The first-order chi connectivity index (χ1) is 13.5. The molecule has 0 aliphatic rings. The van der Waals surface area contributed by atoms with E-state index in [0.717, 1.165) is 16.8 Å². The Labute approximate surface area is 168 Å². The van der Waals surface area contributed by atoms with E-state index >= 15 is 0 Å². The number of carbonyl (C=O) groups excluding carboxylic acids is 1. The van der Waals surface area contributed by atoms with Crippen LogP contribution in [-0.4, -0.2) is 25.2 Å². The van der Waals surface area contributed by atoms with E-state index in [9.17, 15) is 4.79 Å². The Bertz CT molecular complexity index is 985. The number of rotatable bonds is 6. The molecule has 1 aromatic heterocycles. The molecule has 146 valence electrons. The summed E-state index contributed by atoms with van der Waals surface area (Å²) in [6, 6.07) is 11.4. The van der Waals surface area contributed by atoms with Crippen LogP contribution in [0, 0.1) is 13.8 Å². The number of nitrogens with one attached hydrogen (secondary N) is 2. The van der Waals surface area contributed by atoms with Crippen LogP contribution < -0.4 is 20.1 Å². The average Bonchev–Trinajstić information content (AvgIpc) is 3.16. The molecule has 28 heavy (non-hydrogen) atoms. The third kappa shape index (κ3) is 4.61. The normalized spacial score (nSPS) is 10.4. The number of urea groups is 1. The number of methoxy groups -OCH3 is 2. The predicted molar refractivity (Wildman–Crippen MR) is 112 cm³/mol. The third-order valence-electron chi connectivity index (χ3n) is 4.43. The van der Waals surface area contributed by atoms with Crippen molar-refractivity contribution < 1.29 is 14.3 Å². The zero-order valence-corrected chi connectivity index (χ0v) is 17.1. The second-order valence-corrected chi connectivity index (χ2v) is 7.19. The SMILES string of the molecule is COc1ccc(CNC(=O)Nc2nc(-c3ccc(C)c(C)c3)cs2)cc1OC. The van der Waals surface area contributed by atoms with Gasteiger partial charge in [-0.1, -0.05) is 18.2 Å². The molecule has 3 rings (SSSR count). The molecule has 6 nitrogen and oxygen atoms in total. The molecule has 2 N–H and O–H groups in total. The van der Waals surface area contributed by atoms with Gasteiger partial charge in [0, 0.05) is 17.5 Å². The Kier molecular flexibility index (Phi) is 6.16. The van der Waals surface area contributed by atoms with Gasteiger partial charge in [-0.2, -0.15) is 0 Å². The number of hydrogen-bond donors (Lipinski definition) is 2. The molecule has 0 aliphatic carbocycles. The van der Waals surface area contributed by atoms with Crippen molar-refractivity contribution in [3.8, 4) is 22.8 Å². The number of thiazole rings is 1. The molecule has 2 aromatic carbocycles. The van der Waals surface area contributed by atoms with Gasteiger partial charge in [-0.3, -0.25) is 5.32 Å². The number of ether oxygens (including phenoxy) is 2. The van der Waals surface area contributed by atoms with Gasteiger partial charge in [0.05, 0.1) is 19.9 Å². The number of hydrogen-bond acceptors (Lipinski definition) is 5. The van der Waals surface area contributed by atoms with Crippen molar-refractivity contribution in [2.75, 3.05) is 19.5 Å². The number of carbonyl (C=O) groups is 1. The number of benzene rings is 2. The van der Waals surface area contributed by atoms with Crippen LogP contribution >= 0.6 is 11.3 Å². The van der Waals surface area contributed by atoms with E-state index in [-0.39, 0.29) is 6.03 Å². The molecule has 0 atom stereocenters. The first-order valence-electron chi connectivity index (χ1n) is 8.79. The molecule has 0 fully saturated rings. The van der Waals surface area contributed by atoms with E-state index < -0.39 is 0 Å². The van der Waals surface area contributed by atoms with Crippen LogP contribution in [0.4, 0.5) is 9.93 Å². The highest BCUT2D eigenvalue weighted by atomic mass is 32.1. The number of nitrogens with zero attached hydrogens (tertiary/aromatic N) is 1. The van der Waals surface area contributed by atoms with E-state index in [1.54, 1.807) is 14.2 Å². The van der Waals surface area contributed by atoms with Crippen molar-refractivity contribution in [1.82, 2.24) is 10.3 Å². The Hall–Kier alpha value is -3.06. The largest absolute Gasteiger partial charge is 0.493 e. The highest BCUT2D eigenvalue weighted by Crippen LogP contribution is 2.28. The Morgan fingerprint density at radius 2 is 1.82 bits per heavy atom. The molecule has 3 aromatic rings. The lowest BCUT2D eigenvalue weighted by molar-refractivity contribution is 0.251. The summed E-state index contributed by atoms with van der Waals surface area (Å²) in [5.74, 6) is 1.28. The smallest absolute Gasteiger partial charge is 0.321 e. The molecular formula is C21H23N3O3S. The van der Waals surface area contributed by atoms with Crippen molar-refractivity contribution in [1.29, 1.82) is 0 Å². The highest BCUT2D eigenvalue weighted by Gasteiger charge is 2.10. The highest BCUT2D eigenvalue weighted by molar-refractivity contribution is 7.14. The maximum Gasteiger partial charge on any atom is 0.321 e. The van der Waals surface area contributed by atoms with Crippen LogP contribution in [0.5, 0.6) is 11.5 Å². The van der Waals surface area contributed by atoms with Crippen molar-refractivity contribution >= 4 is 22.5 Å². The van der Waals surface area contributed by atoms with Crippen molar-refractivity contribution in [3.05, 3.63) is 58.5 Å². The molecule has 0 saturated heterocycles. The van der Waals surface area contributed by atoms with Crippen LogP contribution in [0.1, 0.15) is 16.7 Å². The second-order valence-electron chi connectivity index (χ2n) is 6.33. The minimum Gasteiger partial charge on any atom is -0.493 e. The van der Waals surface area contributed by atoms with Gasteiger partial charge >= 0.3 is 6.03 Å². The van der Waals surface area contributed by atoms with Crippen LogP contribution in [0.2, 0.25) is 0 Å². The first-order valence-corrected chi connectivity index (χ1v) is 9.67. The van der Waals surface area contributed by atoms with Gasteiger partial charge in [-0.15, -0.1) is 11.3 Å². The molecule has 0 spiro atoms. The summed E-state index contributed by atoms with van der Waals surface area (Å²) >= 11 is 1.40.